The highest BCUT2D eigenvalue weighted by atomic mass is 16.5. The van der Waals surface area contributed by atoms with Crippen molar-refractivity contribution in [3.05, 3.63) is 78.0 Å². The molecule has 1 amide bonds. The summed E-state index contributed by atoms with van der Waals surface area (Å²) >= 11 is 0. The van der Waals surface area contributed by atoms with Crippen LogP contribution in [0, 0.1) is 0 Å². The van der Waals surface area contributed by atoms with Gasteiger partial charge in [-0.25, -0.2) is 14.6 Å². The molecule has 1 aliphatic carbocycles. The van der Waals surface area contributed by atoms with E-state index in [0.717, 1.165) is 29.7 Å². The van der Waals surface area contributed by atoms with Gasteiger partial charge in [0.05, 0.1) is 37.4 Å². The predicted octanol–water partition coefficient (Wildman–Crippen LogP) is 3.59. The van der Waals surface area contributed by atoms with Crippen molar-refractivity contribution in [2.75, 3.05) is 20.8 Å². The molecule has 0 bridgehead atoms. The average Bonchev–Trinajstić information content (AvgIpc) is 3.66. The summed E-state index contributed by atoms with van der Waals surface area (Å²) in [5.41, 5.74) is 3.93. The highest BCUT2D eigenvalue weighted by molar-refractivity contribution is 5.95. The number of aromatic nitrogens is 5. The van der Waals surface area contributed by atoms with Crippen molar-refractivity contribution in [2.45, 2.75) is 25.2 Å². The lowest BCUT2D eigenvalue weighted by Gasteiger charge is -2.12. The summed E-state index contributed by atoms with van der Waals surface area (Å²) in [5.74, 6) is 1.89. The molecule has 5 rings (SSSR count). The van der Waals surface area contributed by atoms with E-state index in [1.54, 1.807) is 37.5 Å². The van der Waals surface area contributed by atoms with Crippen molar-refractivity contribution in [1.29, 1.82) is 0 Å². The quantitative estimate of drug-likeness (QED) is 0.399. The zero-order valence-corrected chi connectivity index (χ0v) is 19.6. The third-order valence-corrected chi connectivity index (χ3v) is 5.95. The van der Waals surface area contributed by atoms with Crippen LogP contribution in [0.1, 0.15) is 40.4 Å². The molecule has 1 N–H and O–H groups in total. The van der Waals surface area contributed by atoms with Crippen LogP contribution in [0.15, 0.2) is 61.2 Å². The number of hydrogen-bond acceptors (Lipinski definition) is 7. The number of pyridine rings is 1. The van der Waals surface area contributed by atoms with Gasteiger partial charge in [-0.3, -0.25) is 9.78 Å². The summed E-state index contributed by atoms with van der Waals surface area (Å²) in [6, 6.07) is 11.2. The maximum atomic E-state index is 13.0. The first-order chi connectivity index (χ1) is 17.2. The summed E-state index contributed by atoms with van der Waals surface area (Å²) in [7, 11) is 3.23. The number of nitrogens with zero attached hydrogens (tertiary/aromatic N) is 5. The Morgan fingerprint density at radius 2 is 2.00 bits per heavy atom. The lowest BCUT2D eigenvalue weighted by Crippen LogP contribution is -2.26. The fraction of sp³-hybridized carbons (Fsp3) is 0.269. The Bertz CT molecular complexity index is 1330. The van der Waals surface area contributed by atoms with E-state index in [2.05, 4.69) is 20.4 Å². The SMILES string of the molecule is COc1ccc(OC)c(-c2ccnc(-n3ncc(C(=O)NCCc4cccnc4)c3C3CC3)n2)c1. The number of hydrogen-bond donors (Lipinski definition) is 1. The Balaban J connectivity index is 1.42. The first-order valence-corrected chi connectivity index (χ1v) is 11.5. The third kappa shape index (κ3) is 4.84. The standard InChI is InChI=1S/C26H26N6O3/c1-34-19-7-8-23(35-2)20(14-19)22-10-13-29-26(31-22)32-24(18-5-6-18)21(16-30-32)25(33)28-12-9-17-4-3-11-27-15-17/h3-4,7-8,10-11,13-16,18H,5-6,9,12H2,1-2H3,(H,28,33). The second-order valence-electron chi connectivity index (χ2n) is 8.30. The summed E-state index contributed by atoms with van der Waals surface area (Å²) in [6.07, 6.45) is 9.55. The van der Waals surface area contributed by atoms with Crippen LogP contribution in [0.4, 0.5) is 0 Å². The molecule has 3 heterocycles. The first kappa shape index (κ1) is 22.5. The number of carbonyl (C=O) groups excluding carboxylic acids is 1. The molecule has 178 valence electrons. The monoisotopic (exact) mass is 470 g/mol. The molecule has 4 aromatic rings. The third-order valence-electron chi connectivity index (χ3n) is 5.95. The molecule has 9 nitrogen and oxygen atoms in total. The van der Waals surface area contributed by atoms with Crippen LogP contribution in [0.25, 0.3) is 17.2 Å². The minimum atomic E-state index is -0.146. The number of methoxy groups -OCH3 is 2. The molecule has 0 atom stereocenters. The number of nitrogens with one attached hydrogen (secondary N) is 1. The lowest BCUT2D eigenvalue weighted by atomic mass is 10.1. The van der Waals surface area contributed by atoms with E-state index in [0.29, 0.717) is 41.7 Å². The molecule has 1 aliphatic rings. The van der Waals surface area contributed by atoms with Crippen LogP contribution in [0.5, 0.6) is 11.5 Å². The van der Waals surface area contributed by atoms with Gasteiger partial charge in [0.25, 0.3) is 11.9 Å². The van der Waals surface area contributed by atoms with Crippen LogP contribution in [0.3, 0.4) is 0 Å². The normalized spacial score (nSPS) is 12.9. The van der Waals surface area contributed by atoms with E-state index in [-0.39, 0.29) is 11.8 Å². The van der Waals surface area contributed by atoms with Crippen LogP contribution in [-0.4, -0.2) is 51.4 Å². The Morgan fingerprint density at radius 3 is 2.74 bits per heavy atom. The summed E-state index contributed by atoms with van der Waals surface area (Å²) in [5, 5.41) is 7.52. The average molecular weight is 471 g/mol. The van der Waals surface area contributed by atoms with Gasteiger partial charge in [0.15, 0.2) is 0 Å². The largest absolute Gasteiger partial charge is 0.497 e. The molecular formula is C26H26N6O3. The molecule has 0 aliphatic heterocycles. The van der Waals surface area contributed by atoms with Crippen molar-refractivity contribution in [3.63, 3.8) is 0 Å². The van der Waals surface area contributed by atoms with Gasteiger partial charge < -0.3 is 14.8 Å². The van der Waals surface area contributed by atoms with E-state index in [1.807, 2.05) is 42.6 Å². The van der Waals surface area contributed by atoms with Gasteiger partial charge in [-0.1, -0.05) is 6.07 Å². The maximum Gasteiger partial charge on any atom is 0.254 e. The smallest absolute Gasteiger partial charge is 0.254 e. The molecule has 9 heteroatoms. The van der Waals surface area contributed by atoms with Crippen LogP contribution >= 0.6 is 0 Å². The lowest BCUT2D eigenvalue weighted by molar-refractivity contribution is 0.0953. The molecule has 0 spiro atoms. The molecule has 0 unspecified atom stereocenters. The van der Waals surface area contributed by atoms with Crippen LogP contribution < -0.4 is 14.8 Å². The van der Waals surface area contributed by atoms with Gasteiger partial charge in [0.2, 0.25) is 0 Å². The molecule has 0 radical (unpaired) electrons. The van der Waals surface area contributed by atoms with Crippen molar-refractivity contribution in [2.24, 2.45) is 0 Å². The highest BCUT2D eigenvalue weighted by Crippen LogP contribution is 2.42. The molecule has 0 saturated heterocycles. The van der Waals surface area contributed by atoms with Crippen molar-refractivity contribution in [1.82, 2.24) is 30.0 Å². The Labute approximate surface area is 203 Å². The van der Waals surface area contributed by atoms with E-state index < -0.39 is 0 Å². The molecule has 1 fully saturated rings. The van der Waals surface area contributed by atoms with Gasteiger partial charge in [-0.15, -0.1) is 0 Å². The van der Waals surface area contributed by atoms with E-state index in [4.69, 9.17) is 14.5 Å². The fourth-order valence-corrected chi connectivity index (χ4v) is 4.02. The van der Waals surface area contributed by atoms with Gasteiger partial charge in [-0.05, 0) is 55.2 Å². The van der Waals surface area contributed by atoms with Crippen LogP contribution in [-0.2, 0) is 6.42 Å². The van der Waals surface area contributed by atoms with E-state index in [1.165, 1.54) is 0 Å². The molecule has 1 aromatic carbocycles. The molecule has 35 heavy (non-hydrogen) atoms. The number of ether oxygens (including phenoxy) is 2. The number of amides is 1. The molecule has 1 saturated carbocycles. The minimum absolute atomic E-state index is 0.146. The Hall–Kier alpha value is -4.27. The van der Waals surface area contributed by atoms with Gasteiger partial charge in [0, 0.05) is 36.6 Å². The fourth-order valence-electron chi connectivity index (χ4n) is 4.02. The minimum Gasteiger partial charge on any atom is -0.497 e. The first-order valence-electron chi connectivity index (χ1n) is 11.5. The highest BCUT2D eigenvalue weighted by Gasteiger charge is 2.33. The second kappa shape index (κ2) is 9.92. The number of benzene rings is 1. The predicted molar refractivity (Wildman–Crippen MR) is 130 cm³/mol. The van der Waals surface area contributed by atoms with Crippen LogP contribution in [0.2, 0.25) is 0 Å². The van der Waals surface area contributed by atoms with Crippen molar-refractivity contribution in [3.8, 4) is 28.7 Å². The molecule has 3 aromatic heterocycles. The summed E-state index contributed by atoms with van der Waals surface area (Å²) in [4.78, 5) is 26.4. The molecular weight excluding hydrogens is 444 g/mol. The number of carbonyl (C=O) groups is 1. The van der Waals surface area contributed by atoms with E-state index >= 15 is 0 Å². The maximum absolute atomic E-state index is 13.0. The van der Waals surface area contributed by atoms with Crippen molar-refractivity contribution >= 4 is 5.91 Å². The Kier molecular flexibility index (Phi) is 6.38. The van der Waals surface area contributed by atoms with Gasteiger partial charge >= 0.3 is 0 Å². The summed E-state index contributed by atoms with van der Waals surface area (Å²) < 4.78 is 12.6. The van der Waals surface area contributed by atoms with Gasteiger partial charge in [0.1, 0.15) is 11.5 Å². The topological polar surface area (TPSA) is 104 Å². The number of rotatable bonds is 9. The zero-order valence-electron chi connectivity index (χ0n) is 19.6. The summed E-state index contributed by atoms with van der Waals surface area (Å²) in [6.45, 7) is 0.515. The van der Waals surface area contributed by atoms with Crippen molar-refractivity contribution < 1.29 is 14.3 Å². The Morgan fingerprint density at radius 1 is 1.11 bits per heavy atom. The second-order valence-corrected chi connectivity index (χ2v) is 8.30. The van der Waals surface area contributed by atoms with E-state index in [9.17, 15) is 4.79 Å². The zero-order chi connectivity index (χ0) is 24.2. The van der Waals surface area contributed by atoms with Gasteiger partial charge in [-0.2, -0.15) is 5.10 Å².